The van der Waals surface area contributed by atoms with Crippen LogP contribution >= 0.6 is 24.0 Å². The molecule has 0 radical (unpaired) electrons. The van der Waals surface area contributed by atoms with E-state index in [4.69, 9.17) is 4.74 Å². The van der Waals surface area contributed by atoms with Gasteiger partial charge in [0.1, 0.15) is 5.75 Å². The molecule has 2 aromatic rings. The molecule has 0 bridgehead atoms. The van der Waals surface area contributed by atoms with Gasteiger partial charge in [-0.3, -0.25) is 0 Å². The minimum absolute atomic E-state index is 0. The van der Waals surface area contributed by atoms with Crippen LogP contribution in [0.25, 0.3) is 0 Å². The molecule has 0 spiro atoms. The van der Waals surface area contributed by atoms with E-state index in [9.17, 15) is 0 Å². The minimum Gasteiger partial charge on any atom is -0.497 e. The molecule has 0 aliphatic heterocycles. The van der Waals surface area contributed by atoms with E-state index in [0.717, 1.165) is 12.2 Å². The molecular formula is C14H15IO. The van der Waals surface area contributed by atoms with Gasteiger partial charge in [0.2, 0.25) is 0 Å². The van der Waals surface area contributed by atoms with Gasteiger partial charge < -0.3 is 4.74 Å². The van der Waals surface area contributed by atoms with E-state index in [2.05, 4.69) is 36.4 Å². The molecule has 0 saturated carbocycles. The highest BCUT2D eigenvalue weighted by molar-refractivity contribution is 14.0. The van der Waals surface area contributed by atoms with Crippen LogP contribution in [-0.2, 0) is 6.42 Å². The van der Waals surface area contributed by atoms with Gasteiger partial charge in [0.05, 0.1) is 7.11 Å². The van der Waals surface area contributed by atoms with E-state index in [1.165, 1.54) is 11.1 Å². The second kappa shape index (κ2) is 6.53. The molecule has 0 aliphatic rings. The zero-order valence-electron chi connectivity index (χ0n) is 9.22. The quantitative estimate of drug-likeness (QED) is 0.777. The summed E-state index contributed by atoms with van der Waals surface area (Å²) in [7, 11) is 1.69. The highest BCUT2D eigenvalue weighted by Crippen LogP contribution is 2.14. The van der Waals surface area contributed by atoms with E-state index >= 15 is 0 Å². The van der Waals surface area contributed by atoms with Gasteiger partial charge in [-0.25, -0.2) is 0 Å². The first-order valence-corrected chi connectivity index (χ1v) is 5.05. The van der Waals surface area contributed by atoms with E-state index < -0.39 is 0 Å². The number of methoxy groups -OCH3 is 1. The Morgan fingerprint density at radius 2 is 1.38 bits per heavy atom. The molecule has 0 heterocycles. The Morgan fingerprint density at radius 3 is 1.94 bits per heavy atom. The molecule has 16 heavy (non-hydrogen) atoms. The van der Waals surface area contributed by atoms with Crippen molar-refractivity contribution in [2.24, 2.45) is 0 Å². The third kappa shape index (κ3) is 3.52. The summed E-state index contributed by atoms with van der Waals surface area (Å²) in [6.07, 6.45) is 0.977. The Kier molecular flexibility index (Phi) is 5.32. The summed E-state index contributed by atoms with van der Waals surface area (Å²) in [6.45, 7) is 0. The van der Waals surface area contributed by atoms with Crippen molar-refractivity contribution in [1.82, 2.24) is 0 Å². The van der Waals surface area contributed by atoms with Crippen LogP contribution in [0.3, 0.4) is 0 Å². The first kappa shape index (κ1) is 13.0. The summed E-state index contributed by atoms with van der Waals surface area (Å²) in [5, 5.41) is 0. The molecule has 0 atom stereocenters. The van der Waals surface area contributed by atoms with Gasteiger partial charge in [0, 0.05) is 0 Å². The number of hydrogen-bond acceptors (Lipinski definition) is 1. The molecule has 0 amide bonds. The summed E-state index contributed by atoms with van der Waals surface area (Å²) in [4.78, 5) is 0. The third-order valence-electron chi connectivity index (χ3n) is 2.41. The molecule has 0 unspecified atom stereocenters. The lowest BCUT2D eigenvalue weighted by molar-refractivity contribution is 0.414. The normalized spacial score (nSPS) is 9.31. The molecule has 1 nitrogen and oxygen atoms in total. The van der Waals surface area contributed by atoms with Crippen LogP contribution in [0.15, 0.2) is 54.6 Å². The lowest BCUT2D eigenvalue weighted by Crippen LogP contribution is -1.88. The fraction of sp³-hybridized carbons (Fsp3) is 0.143. The fourth-order valence-electron chi connectivity index (χ4n) is 1.57. The van der Waals surface area contributed by atoms with Crippen molar-refractivity contribution in [1.29, 1.82) is 0 Å². The number of benzene rings is 2. The second-order valence-electron chi connectivity index (χ2n) is 3.51. The van der Waals surface area contributed by atoms with Crippen LogP contribution in [0.4, 0.5) is 0 Å². The first-order chi connectivity index (χ1) is 7.38. The standard InChI is InChI=1S/C14H14O.HI/c1-15-14-9-7-13(8-10-14)11-12-5-3-2-4-6-12;/h2-10H,11H2,1H3;1H. The second-order valence-corrected chi connectivity index (χ2v) is 3.51. The van der Waals surface area contributed by atoms with Gasteiger partial charge >= 0.3 is 0 Å². The Balaban J connectivity index is 0.00000128. The SMILES string of the molecule is COc1ccc(Cc2ccccc2)cc1.I. The van der Waals surface area contributed by atoms with Crippen LogP contribution in [0.2, 0.25) is 0 Å². The largest absolute Gasteiger partial charge is 0.497 e. The smallest absolute Gasteiger partial charge is 0.118 e. The third-order valence-corrected chi connectivity index (χ3v) is 2.41. The van der Waals surface area contributed by atoms with Crippen LogP contribution < -0.4 is 4.74 Å². The topological polar surface area (TPSA) is 9.23 Å². The van der Waals surface area contributed by atoms with Crippen molar-refractivity contribution in [2.75, 3.05) is 7.11 Å². The van der Waals surface area contributed by atoms with Gasteiger partial charge in [-0.1, -0.05) is 42.5 Å². The average molecular weight is 326 g/mol. The maximum atomic E-state index is 5.12. The molecule has 0 aromatic heterocycles. The van der Waals surface area contributed by atoms with Crippen molar-refractivity contribution in [2.45, 2.75) is 6.42 Å². The number of rotatable bonds is 3. The molecule has 0 fully saturated rings. The van der Waals surface area contributed by atoms with E-state index in [-0.39, 0.29) is 24.0 Å². The van der Waals surface area contributed by atoms with E-state index in [0.29, 0.717) is 0 Å². The number of ether oxygens (including phenoxy) is 1. The Morgan fingerprint density at radius 1 is 0.812 bits per heavy atom. The number of halogens is 1. The van der Waals surface area contributed by atoms with Crippen molar-refractivity contribution in [3.05, 3.63) is 65.7 Å². The zero-order valence-corrected chi connectivity index (χ0v) is 11.6. The van der Waals surface area contributed by atoms with Crippen LogP contribution in [0.5, 0.6) is 5.75 Å². The van der Waals surface area contributed by atoms with Crippen molar-refractivity contribution in [3.63, 3.8) is 0 Å². The zero-order chi connectivity index (χ0) is 10.5. The summed E-state index contributed by atoms with van der Waals surface area (Å²) in [5.41, 5.74) is 2.64. The first-order valence-electron chi connectivity index (χ1n) is 5.05. The minimum atomic E-state index is 0. The fourth-order valence-corrected chi connectivity index (χ4v) is 1.57. The molecule has 2 heteroatoms. The van der Waals surface area contributed by atoms with Gasteiger partial charge in [-0.15, -0.1) is 24.0 Å². The summed E-state index contributed by atoms with van der Waals surface area (Å²) < 4.78 is 5.12. The van der Waals surface area contributed by atoms with Crippen LogP contribution in [0.1, 0.15) is 11.1 Å². The van der Waals surface area contributed by atoms with Crippen LogP contribution in [-0.4, -0.2) is 7.11 Å². The molecule has 0 aliphatic carbocycles. The molecule has 0 saturated heterocycles. The predicted molar refractivity (Wildman–Crippen MR) is 77.7 cm³/mol. The lowest BCUT2D eigenvalue weighted by atomic mass is 10.1. The Labute approximate surface area is 113 Å². The van der Waals surface area contributed by atoms with E-state index in [1.807, 2.05) is 18.2 Å². The lowest BCUT2D eigenvalue weighted by Gasteiger charge is -2.03. The van der Waals surface area contributed by atoms with Gasteiger partial charge in [-0.05, 0) is 29.7 Å². The van der Waals surface area contributed by atoms with Crippen LogP contribution in [0, 0.1) is 0 Å². The predicted octanol–water partition coefficient (Wildman–Crippen LogP) is 3.90. The molecule has 84 valence electrons. The summed E-state index contributed by atoms with van der Waals surface area (Å²) in [5.74, 6) is 0.909. The average Bonchev–Trinajstić information content (AvgIpc) is 2.31. The van der Waals surface area contributed by atoms with E-state index in [1.54, 1.807) is 7.11 Å². The van der Waals surface area contributed by atoms with Crippen molar-refractivity contribution in [3.8, 4) is 5.75 Å². The maximum absolute atomic E-state index is 5.12. The highest BCUT2D eigenvalue weighted by Gasteiger charge is 1.95. The number of hydrogen-bond donors (Lipinski definition) is 0. The Hall–Kier alpha value is -1.03. The molecule has 0 N–H and O–H groups in total. The maximum Gasteiger partial charge on any atom is 0.118 e. The van der Waals surface area contributed by atoms with Gasteiger partial charge in [0.15, 0.2) is 0 Å². The summed E-state index contributed by atoms with van der Waals surface area (Å²) >= 11 is 0. The highest BCUT2D eigenvalue weighted by atomic mass is 127. The Bertz CT molecular complexity index is 409. The molecular weight excluding hydrogens is 311 g/mol. The monoisotopic (exact) mass is 326 g/mol. The van der Waals surface area contributed by atoms with Crippen molar-refractivity contribution >= 4 is 24.0 Å². The van der Waals surface area contributed by atoms with Gasteiger partial charge in [-0.2, -0.15) is 0 Å². The van der Waals surface area contributed by atoms with Crippen molar-refractivity contribution < 1.29 is 4.74 Å². The summed E-state index contributed by atoms with van der Waals surface area (Å²) in [6, 6.07) is 18.7. The molecule has 2 aromatic carbocycles. The van der Waals surface area contributed by atoms with Gasteiger partial charge in [0.25, 0.3) is 0 Å². The molecule has 2 rings (SSSR count).